The molecule has 44 heavy (non-hydrogen) atoms. The van der Waals surface area contributed by atoms with Crippen molar-refractivity contribution < 1.29 is 21.3 Å². The minimum absolute atomic E-state index is 0.0983. The number of allylic oxidation sites excluding steroid dienone is 4. The molecule has 0 saturated carbocycles. The average molecular weight is 656 g/mol. The van der Waals surface area contributed by atoms with Gasteiger partial charge in [-0.25, -0.2) is 0 Å². The van der Waals surface area contributed by atoms with Crippen molar-refractivity contribution in [1.82, 2.24) is 0 Å². The molecule has 1 unspecified atom stereocenters. The van der Waals surface area contributed by atoms with E-state index in [1.165, 1.54) is 50.1 Å². The minimum atomic E-state index is -2.77. The second kappa shape index (κ2) is 11.5. The second-order valence-corrected chi connectivity index (χ2v) is 21.5. The molecule has 4 aromatic carbocycles. The number of fused-ring (bicyclic) bond motifs is 3. The molecular formula is C43H48Zr. The van der Waals surface area contributed by atoms with Crippen molar-refractivity contribution in [3.8, 4) is 11.1 Å². The van der Waals surface area contributed by atoms with Crippen LogP contribution in [0.3, 0.4) is 0 Å². The van der Waals surface area contributed by atoms with Gasteiger partial charge < -0.3 is 0 Å². The summed E-state index contributed by atoms with van der Waals surface area (Å²) in [6.07, 6.45) is 5.08. The topological polar surface area (TPSA) is 0 Å². The van der Waals surface area contributed by atoms with Crippen LogP contribution >= 0.6 is 0 Å². The average Bonchev–Trinajstić information content (AvgIpc) is 3.47. The zero-order valence-corrected chi connectivity index (χ0v) is 30.9. The van der Waals surface area contributed by atoms with Gasteiger partial charge in [0.2, 0.25) is 0 Å². The van der Waals surface area contributed by atoms with E-state index in [0.29, 0.717) is 9.54 Å². The van der Waals surface area contributed by atoms with Gasteiger partial charge in [-0.3, -0.25) is 0 Å². The monoisotopic (exact) mass is 654 g/mol. The van der Waals surface area contributed by atoms with Crippen LogP contribution in [0.1, 0.15) is 104 Å². The molecule has 0 bridgehead atoms. The Morgan fingerprint density at radius 1 is 0.591 bits per heavy atom. The first-order chi connectivity index (χ1) is 20.7. The molecule has 4 aromatic rings. The normalized spacial score (nSPS) is 16.4. The van der Waals surface area contributed by atoms with Gasteiger partial charge in [0.25, 0.3) is 0 Å². The molecule has 1 atom stereocenters. The van der Waals surface area contributed by atoms with Crippen molar-refractivity contribution in [2.24, 2.45) is 5.92 Å². The summed E-state index contributed by atoms with van der Waals surface area (Å²) in [5.41, 5.74) is 15.9. The van der Waals surface area contributed by atoms with Crippen LogP contribution in [0.2, 0.25) is 0 Å². The SMILES string of the molecule is CC1=CC(C)[C]([Zr](=[C](c2ccc(C)cc2)c2ccc(C)cc2)[CH]2c3ccc(C(C)(C)C)cc3-c3cc(C(C)(C)C)ccc32)=C1. The van der Waals surface area contributed by atoms with E-state index >= 15 is 0 Å². The van der Waals surface area contributed by atoms with E-state index in [4.69, 9.17) is 0 Å². The summed E-state index contributed by atoms with van der Waals surface area (Å²) in [6.45, 7) is 23.2. The van der Waals surface area contributed by atoms with E-state index in [-0.39, 0.29) is 10.8 Å². The van der Waals surface area contributed by atoms with E-state index in [0.717, 1.165) is 0 Å². The molecule has 6 rings (SSSR count). The Hall–Kier alpha value is -2.89. The summed E-state index contributed by atoms with van der Waals surface area (Å²) >= 11 is -2.77. The molecule has 0 saturated heterocycles. The summed E-state index contributed by atoms with van der Waals surface area (Å²) in [5.74, 6) is 0.463. The van der Waals surface area contributed by atoms with Crippen molar-refractivity contribution in [2.45, 2.75) is 83.7 Å². The Labute approximate surface area is 274 Å². The fourth-order valence-electron chi connectivity index (χ4n) is 7.10. The fraction of sp³-hybridized carbons (Fsp3) is 0.326. The first-order valence-electron chi connectivity index (χ1n) is 16.3. The molecule has 0 fully saturated rings. The molecule has 1 heteroatoms. The number of hydrogen-bond donors (Lipinski definition) is 0. The molecular weight excluding hydrogens is 608 g/mol. The summed E-state index contributed by atoms with van der Waals surface area (Å²) in [7, 11) is 0. The van der Waals surface area contributed by atoms with E-state index in [9.17, 15) is 0 Å². The number of benzene rings is 4. The van der Waals surface area contributed by atoms with Crippen molar-refractivity contribution in [2.75, 3.05) is 0 Å². The molecule has 0 amide bonds. The predicted molar refractivity (Wildman–Crippen MR) is 188 cm³/mol. The Kier molecular flexibility index (Phi) is 8.12. The van der Waals surface area contributed by atoms with Crippen LogP contribution in [0.5, 0.6) is 0 Å². The number of rotatable bonds is 4. The Morgan fingerprint density at radius 3 is 1.39 bits per heavy atom. The molecule has 0 N–H and O–H groups in total. The molecule has 0 heterocycles. The fourth-order valence-corrected chi connectivity index (χ4v) is 16.8. The van der Waals surface area contributed by atoms with Crippen LogP contribution < -0.4 is 0 Å². The Morgan fingerprint density at radius 2 is 1.02 bits per heavy atom. The molecule has 0 radical (unpaired) electrons. The van der Waals surface area contributed by atoms with Gasteiger partial charge in [-0.2, -0.15) is 0 Å². The molecule has 0 nitrogen and oxygen atoms in total. The van der Waals surface area contributed by atoms with Crippen LogP contribution in [0, 0.1) is 19.8 Å². The van der Waals surface area contributed by atoms with Gasteiger partial charge in [0.15, 0.2) is 0 Å². The van der Waals surface area contributed by atoms with Gasteiger partial charge in [-0.05, 0) is 0 Å². The molecule has 2 aliphatic rings. The van der Waals surface area contributed by atoms with Gasteiger partial charge in [-0.15, -0.1) is 0 Å². The molecule has 224 valence electrons. The third kappa shape index (κ3) is 5.78. The van der Waals surface area contributed by atoms with Crippen LogP contribution in [0.25, 0.3) is 11.1 Å². The van der Waals surface area contributed by atoms with E-state index in [2.05, 4.69) is 166 Å². The first-order valence-corrected chi connectivity index (χ1v) is 20.2. The second-order valence-electron chi connectivity index (χ2n) is 15.4. The van der Waals surface area contributed by atoms with Crippen LogP contribution in [-0.4, -0.2) is 3.21 Å². The van der Waals surface area contributed by atoms with Crippen molar-refractivity contribution in [1.29, 1.82) is 0 Å². The third-order valence-corrected chi connectivity index (χ3v) is 18.4. The van der Waals surface area contributed by atoms with Crippen LogP contribution in [0.4, 0.5) is 0 Å². The quantitative estimate of drug-likeness (QED) is 0.205. The molecule has 2 aliphatic carbocycles. The molecule has 0 aromatic heterocycles. The van der Waals surface area contributed by atoms with Gasteiger partial charge in [-0.1, -0.05) is 0 Å². The van der Waals surface area contributed by atoms with Gasteiger partial charge in [0, 0.05) is 0 Å². The van der Waals surface area contributed by atoms with E-state index < -0.39 is 21.3 Å². The summed E-state index contributed by atoms with van der Waals surface area (Å²) in [4.78, 5) is 0. The van der Waals surface area contributed by atoms with E-state index in [1.54, 1.807) is 17.6 Å². The first kappa shape index (κ1) is 31.1. The van der Waals surface area contributed by atoms with Crippen LogP contribution in [-0.2, 0) is 32.1 Å². The predicted octanol–water partition coefficient (Wildman–Crippen LogP) is 11.3. The Balaban J connectivity index is 1.74. The van der Waals surface area contributed by atoms with Crippen molar-refractivity contribution in [3.63, 3.8) is 0 Å². The van der Waals surface area contributed by atoms with E-state index in [1.807, 2.05) is 0 Å². The molecule has 0 spiro atoms. The standard InChI is InChI=1S/C21H25.C15H14.C7H9.Zr/c1-20(2,3)16-9-7-14-11-15-8-10-17(21(4,5)6)13-19(15)18(14)12-16;1-12-3-7-14(8-4-12)11-15-9-5-13(2)6-10-15;1-6-3-4-7(2)5-6;/h7-13H,1-6H3;3-10H,1-2H3;3,5,7H,1-2H3;. The zero-order valence-electron chi connectivity index (χ0n) is 28.4. The summed E-state index contributed by atoms with van der Waals surface area (Å²) in [5, 5.41) is 0. The maximum absolute atomic E-state index is 2.77. The van der Waals surface area contributed by atoms with Crippen molar-refractivity contribution in [3.05, 3.63) is 150 Å². The van der Waals surface area contributed by atoms with Crippen molar-refractivity contribution >= 4 is 3.21 Å². The van der Waals surface area contributed by atoms with Gasteiger partial charge in [0.1, 0.15) is 0 Å². The zero-order chi connectivity index (χ0) is 31.6. The van der Waals surface area contributed by atoms with Gasteiger partial charge >= 0.3 is 276 Å². The summed E-state index contributed by atoms with van der Waals surface area (Å²) in [6, 6.07) is 33.8. The third-order valence-electron chi connectivity index (χ3n) is 9.69. The maximum atomic E-state index is 2.58. The molecule has 0 aliphatic heterocycles. The van der Waals surface area contributed by atoms with Crippen LogP contribution in [0.15, 0.2) is 106 Å². The van der Waals surface area contributed by atoms with Gasteiger partial charge in [0.05, 0.1) is 0 Å². The summed E-state index contributed by atoms with van der Waals surface area (Å²) < 4.78 is 3.75. The number of aryl methyl sites for hydroxylation is 2. The Bertz CT molecular complexity index is 1720. The number of hydrogen-bond acceptors (Lipinski definition) is 0.